The summed E-state index contributed by atoms with van der Waals surface area (Å²) in [7, 11) is 2.16. The van der Waals surface area contributed by atoms with E-state index in [9.17, 15) is 0 Å². The van der Waals surface area contributed by atoms with Crippen LogP contribution in [0.2, 0.25) is 0 Å². The monoisotopic (exact) mass is 279 g/mol. The van der Waals surface area contributed by atoms with E-state index in [-0.39, 0.29) is 6.61 Å². The molecule has 0 amide bonds. The van der Waals surface area contributed by atoms with E-state index in [2.05, 4.69) is 29.9 Å². The van der Waals surface area contributed by atoms with Crippen molar-refractivity contribution in [2.45, 2.75) is 19.4 Å². The molecule has 1 fully saturated rings. The summed E-state index contributed by atoms with van der Waals surface area (Å²) in [5.41, 5.74) is 0. The van der Waals surface area contributed by atoms with Gasteiger partial charge in [-0.2, -0.15) is 0 Å². The highest BCUT2D eigenvalue weighted by atomic mass is 32.1. The molecule has 1 atom stereocenters. The molecule has 2 rings (SSSR count). The number of ether oxygens (including phenoxy) is 1. The SMILES string of the molecule is CN(Cc1ccc(C#CCO)s1)CC1CCCOC1. The number of hydrogen-bond acceptors (Lipinski definition) is 4. The first kappa shape index (κ1) is 14.5. The first-order valence-electron chi connectivity index (χ1n) is 6.72. The van der Waals surface area contributed by atoms with E-state index in [0.29, 0.717) is 5.92 Å². The summed E-state index contributed by atoms with van der Waals surface area (Å²) in [5, 5.41) is 8.67. The average molecular weight is 279 g/mol. The molecule has 1 N–H and O–H groups in total. The molecule has 3 nitrogen and oxygen atoms in total. The number of aliphatic hydroxyl groups excluding tert-OH is 1. The molecule has 104 valence electrons. The maximum Gasteiger partial charge on any atom is 0.104 e. The first-order valence-corrected chi connectivity index (χ1v) is 7.54. The van der Waals surface area contributed by atoms with Crippen LogP contribution < -0.4 is 0 Å². The van der Waals surface area contributed by atoms with Gasteiger partial charge in [-0.05, 0) is 37.9 Å². The maximum absolute atomic E-state index is 8.67. The smallest absolute Gasteiger partial charge is 0.104 e. The molecule has 1 unspecified atom stereocenters. The summed E-state index contributed by atoms with van der Waals surface area (Å²) >= 11 is 1.71. The zero-order chi connectivity index (χ0) is 13.5. The third-order valence-corrected chi connectivity index (χ3v) is 4.19. The van der Waals surface area contributed by atoms with Gasteiger partial charge in [0.15, 0.2) is 0 Å². The van der Waals surface area contributed by atoms with Gasteiger partial charge in [-0.3, -0.25) is 0 Å². The van der Waals surface area contributed by atoms with Crippen LogP contribution >= 0.6 is 11.3 Å². The Morgan fingerprint density at radius 2 is 2.42 bits per heavy atom. The summed E-state index contributed by atoms with van der Waals surface area (Å²) in [6.45, 7) is 3.81. The zero-order valence-electron chi connectivity index (χ0n) is 11.4. The second-order valence-corrected chi connectivity index (χ2v) is 6.17. The Morgan fingerprint density at radius 3 is 3.16 bits per heavy atom. The van der Waals surface area contributed by atoms with E-state index in [1.807, 2.05) is 6.07 Å². The Bertz CT molecular complexity index is 440. The number of nitrogens with zero attached hydrogens (tertiary/aromatic N) is 1. The highest BCUT2D eigenvalue weighted by Gasteiger charge is 2.16. The molecule has 0 aromatic carbocycles. The fourth-order valence-electron chi connectivity index (χ4n) is 2.38. The Hall–Kier alpha value is -0.860. The molecule has 1 aliphatic heterocycles. The normalized spacial score (nSPS) is 19.2. The molecule has 0 spiro atoms. The summed E-state index contributed by atoms with van der Waals surface area (Å²) < 4.78 is 5.52. The van der Waals surface area contributed by atoms with Crippen LogP contribution in [0.3, 0.4) is 0 Å². The van der Waals surface area contributed by atoms with Gasteiger partial charge in [0.2, 0.25) is 0 Å². The molecule has 0 bridgehead atoms. The fourth-order valence-corrected chi connectivity index (χ4v) is 3.34. The lowest BCUT2D eigenvalue weighted by Gasteiger charge is -2.26. The highest BCUT2D eigenvalue weighted by molar-refractivity contribution is 7.12. The van der Waals surface area contributed by atoms with Crippen molar-refractivity contribution in [2.75, 3.05) is 33.4 Å². The van der Waals surface area contributed by atoms with Crippen LogP contribution in [0.4, 0.5) is 0 Å². The molecule has 1 aliphatic rings. The molecule has 1 saturated heterocycles. The van der Waals surface area contributed by atoms with Crippen LogP contribution in [0.5, 0.6) is 0 Å². The van der Waals surface area contributed by atoms with Crippen molar-refractivity contribution in [2.24, 2.45) is 5.92 Å². The van der Waals surface area contributed by atoms with E-state index in [0.717, 1.165) is 31.2 Å². The predicted molar refractivity (Wildman–Crippen MR) is 78.2 cm³/mol. The lowest BCUT2D eigenvalue weighted by Crippen LogP contribution is -2.30. The Labute approximate surface area is 119 Å². The van der Waals surface area contributed by atoms with Crippen LogP contribution in [0.15, 0.2) is 12.1 Å². The molecule has 1 aromatic heterocycles. The molecule has 2 heterocycles. The van der Waals surface area contributed by atoms with E-state index >= 15 is 0 Å². The van der Waals surface area contributed by atoms with E-state index in [1.165, 1.54) is 17.7 Å². The number of thiophene rings is 1. The highest BCUT2D eigenvalue weighted by Crippen LogP contribution is 2.19. The first-order chi connectivity index (χ1) is 9.28. The minimum atomic E-state index is -0.0746. The van der Waals surface area contributed by atoms with Crippen molar-refractivity contribution in [3.8, 4) is 11.8 Å². The fraction of sp³-hybridized carbons (Fsp3) is 0.600. The van der Waals surface area contributed by atoms with E-state index in [1.54, 1.807) is 11.3 Å². The van der Waals surface area contributed by atoms with Gasteiger partial charge in [-0.15, -0.1) is 11.3 Å². The molecule has 0 aliphatic carbocycles. The van der Waals surface area contributed by atoms with Gasteiger partial charge in [0, 0.05) is 24.6 Å². The second-order valence-electron chi connectivity index (χ2n) is 5.01. The van der Waals surface area contributed by atoms with Gasteiger partial charge in [0.05, 0.1) is 11.5 Å². The van der Waals surface area contributed by atoms with Gasteiger partial charge in [-0.1, -0.05) is 11.8 Å². The minimum absolute atomic E-state index is 0.0746. The summed E-state index contributed by atoms with van der Waals surface area (Å²) in [4.78, 5) is 4.70. The molecule has 4 heteroatoms. The maximum atomic E-state index is 8.67. The zero-order valence-corrected chi connectivity index (χ0v) is 12.2. The minimum Gasteiger partial charge on any atom is -0.384 e. The molecular weight excluding hydrogens is 258 g/mol. The average Bonchev–Trinajstić information content (AvgIpc) is 2.85. The Kier molecular flexibility index (Phi) is 5.87. The van der Waals surface area contributed by atoms with Crippen molar-refractivity contribution in [1.29, 1.82) is 0 Å². The number of aliphatic hydroxyl groups is 1. The Morgan fingerprint density at radius 1 is 1.53 bits per heavy atom. The third-order valence-electron chi connectivity index (χ3n) is 3.20. The van der Waals surface area contributed by atoms with Gasteiger partial charge < -0.3 is 14.7 Å². The van der Waals surface area contributed by atoms with Crippen LogP contribution in [-0.2, 0) is 11.3 Å². The second kappa shape index (κ2) is 7.66. The molecular formula is C15H21NO2S. The van der Waals surface area contributed by atoms with Gasteiger partial charge in [-0.25, -0.2) is 0 Å². The predicted octanol–water partition coefficient (Wildman–Crippen LogP) is 1.95. The summed E-state index contributed by atoms with van der Waals surface area (Å²) in [6.07, 6.45) is 2.47. The lowest BCUT2D eigenvalue weighted by molar-refractivity contribution is 0.0413. The summed E-state index contributed by atoms with van der Waals surface area (Å²) in [5.74, 6) is 6.31. The Balaban J connectivity index is 1.80. The van der Waals surface area contributed by atoms with Crippen molar-refractivity contribution < 1.29 is 9.84 Å². The quantitative estimate of drug-likeness (QED) is 0.855. The molecule has 0 saturated carbocycles. The lowest BCUT2D eigenvalue weighted by atomic mass is 10.0. The van der Waals surface area contributed by atoms with Crippen molar-refractivity contribution in [3.05, 3.63) is 21.9 Å². The van der Waals surface area contributed by atoms with Crippen molar-refractivity contribution >= 4 is 11.3 Å². The van der Waals surface area contributed by atoms with Crippen molar-refractivity contribution in [3.63, 3.8) is 0 Å². The number of rotatable bonds is 4. The van der Waals surface area contributed by atoms with Crippen molar-refractivity contribution in [1.82, 2.24) is 4.90 Å². The van der Waals surface area contributed by atoms with Crippen LogP contribution in [0.25, 0.3) is 0 Å². The standard InChI is InChI=1S/C15H21NO2S/c1-16(10-13-4-3-9-18-12-13)11-15-7-6-14(19-15)5-2-8-17/h6-7,13,17H,3-4,8-12H2,1H3. The largest absolute Gasteiger partial charge is 0.384 e. The van der Waals surface area contributed by atoms with Crippen LogP contribution in [0, 0.1) is 17.8 Å². The van der Waals surface area contributed by atoms with Gasteiger partial charge >= 0.3 is 0 Å². The molecule has 1 aromatic rings. The van der Waals surface area contributed by atoms with Gasteiger partial charge in [0.25, 0.3) is 0 Å². The topological polar surface area (TPSA) is 32.7 Å². The molecule has 0 radical (unpaired) electrons. The summed E-state index contributed by atoms with van der Waals surface area (Å²) in [6, 6.07) is 4.15. The molecule has 19 heavy (non-hydrogen) atoms. The van der Waals surface area contributed by atoms with Crippen LogP contribution in [0.1, 0.15) is 22.6 Å². The van der Waals surface area contributed by atoms with E-state index in [4.69, 9.17) is 9.84 Å². The van der Waals surface area contributed by atoms with E-state index < -0.39 is 0 Å². The van der Waals surface area contributed by atoms with Crippen LogP contribution in [-0.4, -0.2) is 43.4 Å². The third kappa shape index (κ3) is 4.96. The van der Waals surface area contributed by atoms with Gasteiger partial charge in [0.1, 0.15) is 6.61 Å². The number of hydrogen-bond donors (Lipinski definition) is 1.